The molecule has 0 unspecified atom stereocenters. The zero-order chi connectivity index (χ0) is 15.2. The third kappa shape index (κ3) is 4.83. The second-order valence-electron chi connectivity index (χ2n) is 4.98. The Kier molecular flexibility index (Phi) is 5.29. The van der Waals surface area contributed by atoms with Crippen LogP contribution < -0.4 is 0 Å². The first-order valence-corrected chi connectivity index (χ1v) is 6.76. The first-order valence-electron chi connectivity index (χ1n) is 6.76. The molecule has 0 saturated carbocycles. The molecule has 2 heterocycles. The lowest BCUT2D eigenvalue weighted by Crippen LogP contribution is -2.49. The van der Waals surface area contributed by atoms with E-state index in [4.69, 9.17) is 14.4 Å². The average Bonchev–Trinajstić information content (AvgIpc) is 2.84. The number of aryl methyl sites for hydroxylation is 1. The van der Waals surface area contributed by atoms with Gasteiger partial charge in [0, 0.05) is 32.2 Å². The summed E-state index contributed by atoms with van der Waals surface area (Å²) in [4.78, 5) is 26.0. The monoisotopic (exact) mass is 297 g/mol. The van der Waals surface area contributed by atoms with Crippen LogP contribution >= 0.6 is 0 Å². The van der Waals surface area contributed by atoms with E-state index in [1.54, 1.807) is 4.90 Å². The van der Waals surface area contributed by atoms with E-state index in [0.717, 1.165) is 24.5 Å². The summed E-state index contributed by atoms with van der Waals surface area (Å²) in [6.45, 7) is 4.60. The highest BCUT2D eigenvalue weighted by Crippen LogP contribution is 2.09. The summed E-state index contributed by atoms with van der Waals surface area (Å²) in [6.07, 6.45) is 0. The summed E-state index contributed by atoms with van der Waals surface area (Å²) >= 11 is 0. The molecule has 1 N–H and O–H groups in total. The van der Waals surface area contributed by atoms with Gasteiger partial charge in [-0.15, -0.1) is 0 Å². The van der Waals surface area contributed by atoms with Crippen molar-refractivity contribution in [2.24, 2.45) is 0 Å². The number of hydrogen-bond donors (Lipinski definition) is 1. The summed E-state index contributed by atoms with van der Waals surface area (Å²) in [5.41, 5.74) is 0.856. The second kappa shape index (κ2) is 7.19. The lowest BCUT2D eigenvalue weighted by atomic mass is 10.3. The van der Waals surface area contributed by atoms with Crippen LogP contribution in [0, 0.1) is 6.92 Å². The molecule has 0 aliphatic carbocycles. The van der Waals surface area contributed by atoms with E-state index in [1.165, 1.54) is 0 Å². The number of aliphatic carboxylic acids is 1. The Balaban J connectivity index is 1.70. The van der Waals surface area contributed by atoms with Crippen molar-refractivity contribution in [1.82, 2.24) is 15.0 Å². The van der Waals surface area contributed by atoms with Gasteiger partial charge in [-0.2, -0.15) is 0 Å². The number of rotatable bonds is 6. The molecule has 0 aromatic carbocycles. The fourth-order valence-corrected chi connectivity index (χ4v) is 2.18. The quantitative estimate of drug-likeness (QED) is 0.772. The minimum absolute atomic E-state index is 0.175. The third-order valence-electron chi connectivity index (χ3n) is 3.23. The summed E-state index contributed by atoms with van der Waals surface area (Å²) < 4.78 is 9.98. The van der Waals surface area contributed by atoms with Gasteiger partial charge in [0.15, 0.2) is 5.76 Å². The molecule has 8 heteroatoms. The number of carboxylic acids is 1. The number of piperazine rings is 1. The van der Waals surface area contributed by atoms with Crippen molar-refractivity contribution in [3.05, 3.63) is 17.5 Å². The lowest BCUT2D eigenvalue weighted by Gasteiger charge is -2.34. The fraction of sp³-hybridized carbons (Fsp3) is 0.615. The van der Waals surface area contributed by atoms with Crippen molar-refractivity contribution >= 4 is 11.9 Å². The van der Waals surface area contributed by atoms with E-state index >= 15 is 0 Å². The molecule has 1 aromatic rings. The van der Waals surface area contributed by atoms with Gasteiger partial charge in [0.1, 0.15) is 13.2 Å². The lowest BCUT2D eigenvalue weighted by molar-refractivity contribution is -0.146. The Morgan fingerprint density at radius 2 is 2.05 bits per heavy atom. The van der Waals surface area contributed by atoms with Gasteiger partial charge >= 0.3 is 5.97 Å². The van der Waals surface area contributed by atoms with E-state index in [9.17, 15) is 9.59 Å². The van der Waals surface area contributed by atoms with Crippen LogP contribution in [-0.4, -0.2) is 71.3 Å². The van der Waals surface area contributed by atoms with Crippen LogP contribution in [0.4, 0.5) is 0 Å². The molecule has 21 heavy (non-hydrogen) atoms. The van der Waals surface area contributed by atoms with Crippen LogP contribution in [0.3, 0.4) is 0 Å². The van der Waals surface area contributed by atoms with Crippen LogP contribution in [-0.2, 0) is 20.9 Å². The Morgan fingerprint density at radius 1 is 1.33 bits per heavy atom. The SMILES string of the molecule is Cc1cc(CN2CCN(C(=O)COCC(=O)O)CC2)on1. The zero-order valence-electron chi connectivity index (χ0n) is 11.9. The molecule has 1 aliphatic rings. The molecule has 1 fully saturated rings. The summed E-state index contributed by atoms with van der Waals surface area (Å²) in [7, 11) is 0. The van der Waals surface area contributed by atoms with Crippen molar-refractivity contribution in [2.45, 2.75) is 13.5 Å². The van der Waals surface area contributed by atoms with Gasteiger partial charge in [-0.25, -0.2) is 4.79 Å². The Morgan fingerprint density at radius 3 is 2.62 bits per heavy atom. The molecule has 0 spiro atoms. The molecule has 1 aromatic heterocycles. The standard InChI is InChI=1S/C13H19N3O5/c1-10-6-11(21-14-10)7-15-2-4-16(5-3-15)12(17)8-20-9-13(18)19/h6H,2-5,7-9H2,1H3,(H,18,19). The van der Waals surface area contributed by atoms with E-state index < -0.39 is 12.6 Å². The van der Waals surface area contributed by atoms with Crippen molar-refractivity contribution in [2.75, 3.05) is 39.4 Å². The molecular weight excluding hydrogens is 278 g/mol. The van der Waals surface area contributed by atoms with Crippen LogP contribution in [0.25, 0.3) is 0 Å². The largest absolute Gasteiger partial charge is 0.480 e. The van der Waals surface area contributed by atoms with Crippen LogP contribution in [0.1, 0.15) is 11.5 Å². The summed E-state index contributed by atoms with van der Waals surface area (Å²) in [5, 5.41) is 12.3. The van der Waals surface area contributed by atoms with Gasteiger partial charge in [0.05, 0.1) is 12.2 Å². The van der Waals surface area contributed by atoms with E-state index in [0.29, 0.717) is 19.6 Å². The highest BCUT2D eigenvalue weighted by Gasteiger charge is 2.22. The predicted octanol–water partition coefficient (Wildman–Crippen LogP) is -0.272. The average molecular weight is 297 g/mol. The molecule has 116 valence electrons. The van der Waals surface area contributed by atoms with Crippen molar-refractivity contribution in [1.29, 1.82) is 0 Å². The molecule has 0 atom stereocenters. The van der Waals surface area contributed by atoms with Crippen molar-refractivity contribution < 1.29 is 24.0 Å². The maximum atomic E-state index is 11.8. The number of hydrogen-bond acceptors (Lipinski definition) is 6. The fourth-order valence-electron chi connectivity index (χ4n) is 2.18. The van der Waals surface area contributed by atoms with Crippen molar-refractivity contribution in [3.63, 3.8) is 0 Å². The maximum Gasteiger partial charge on any atom is 0.329 e. The number of carbonyl (C=O) groups excluding carboxylic acids is 1. The van der Waals surface area contributed by atoms with Gasteiger partial charge in [0.25, 0.3) is 0 Å². The zero-order valence-corrected chi connectivity index (χ0v) is 11.9. The molecule has 1 saturated heterocycles. The normalized spacial score (nSPS) is 16.1. The molecule has 2 rings (SSSR count). The first-order chi connectivity index (χ1) is 10.0. The Hall–Kier alpha value is -1.93. The number of ether oxygens (including phenoxy) is 1. The summed E-state index contributed by atoms with van der Waals surface area (Å²) in [6, 6.07) is 1.90. The Labute approximate surface area is 122 Å². The highest BCUT2D eigenvalue weighted by molar-refractivity contribution is 5.78. The molecule has 0 radical (unpaired) electrons. The highest BCUT2D eigenvalue weighted by atomic mass is 16.5. The van der Waals surface area contributed by atoms with Gasteiger partial charge in [-0.3, -0.25) is 9.69 Å². The molecule has 8 nitrogen and oxygen atoms in total. The number of carboxylic acid groups (broad SMARTS) is 1. The van der Waals surface area contributed by atoms with E-state index in [-0.39, 0.29) is 12.5 Å². The van der Waals surface area contributed by atoms with E-state index in [2.05, 4.69) is 10.1 Å². The first kappa shape index (κ1) is 15.5. The van der Waals surface area contributed by atoms with Gasteiger partial charge in [0.2, 0.25) is 5.91 Å². The molecule has 1 amide bonds. The topological polar surface area (TPSA) is 96.1 Å². The Bertz CT molecular complexity index is 494. The maximum absolute atomic E-state index is 11.8. The van der Waals surface area contributed by atoms with Crippen LogP contribution in [0.15, 0.2) is 10.6 Å². The number of amides is 1. The van der Waals surface area contributed by atoms with Crippen molar-refractivity contribution in [3.8, 4) is 0 Å². The molecular formula is C13H19N3O5. The van der Waals surface area contributed by atoms with Crippen LogP contribution in [0.2, 0.25) is 0 Å². The van der Waals surface area contributed by atoms with E-state index in [1.807, 2.05) is 13.0 Å². The molecule has 0 bridgehead atoms. The minimum atomic E-state index is -1.07. The van der Waals surface area contributed by atoms with Gasteiger partial charge in [-0.05, 0) is 6.92 Å². The third-order valence-corrected chi connectivity index (χ3v) is 3.23. The van der Waals surface area contributed by atoms with Gasteiger partial charge < -0.3 is 19.3 Å². The smallest absolute Gasteiger partial charge is 0.329 e. The van der Waals surface area contributed by atoms with Gasteiger partial charge in [-0.1, -0.05) is 5.16 Å². The predicted molar refractivity (Wildman–Crippen MR) is 71.6 cm³/mol. The summed E-state index contributed by atoms with van der Waals surface area (Å²) in [5.74, 6) is -0.432. The number of aromatic nitrogens is 1. The number of nitrogens with zero attached hydrogens (tertiary/aromatic N) is 3. The minimum Gasteiger partial charge on any atom is -0.480 e. The second-order valence-corrected chi connectivity index (χ2v) is 4.98. The van der Waals surface area contributed by atoms with Crippen LogP contribution in [0.5, 0.6) is 0 Å². The molecule has 1 aliphatic heterocycles. The number of carbonyl (C=O) groups is 2.